The summed E-state index contributed by atoms with van der Waals surface area (Å²) < 4.78 is 0. The zero-order chi connectivity index (χ0) is 16.0. The molecule has 1 amide bonds. The highest BCUT2D eigenvalue weighted by atomic mass is 35.5. The second-order valence-corrected chi connectivity index (χ2v) is 5.20. The number of anilines is 1. The summed E-state index contributed by atoms with van der Waals surface area (Å²) in [5.74, 6) is -0.265. The molecule has 1 aromatic carbocycles. The van der Waals surface area contributed by atoms with Crippen LogP contribution in [0.3, 0.4) is 0 Å². The molecule has 0 saturated heterocycles. The lowest BCUT2D eigenvalue weighted by Gasteiger charge is -2.17. The van der Waals surface area contributed by atoms with E-state index < -0.39 is 4.92 Å². The molecule has 1 N–H and O–H groups in total. The maximum Gasteiger partial charge on any atom is 0.294 e. The summed E-state index contributed by atoms with van der Waals surface area (Å²) in [5.41, 5.74) is 0.242. The standard InChI is InChI=1S/C14H20ClN3O3/c1-4-5-6-7-17(3)14(19)10-8-11(15)13(16-2)12(9-10)18(20)21/h8-9,16H,4-7H2,1-3H3. The van der Waals surface area contributed by atoms with Crippen LogP contribution in [0.25, 0.3) is 0 Å². The number of carbonyl (C=O) groups is 1. The highest BCUT2D eigenvalue weighted by Crippen LogP contribution is 2.33. The van der Waals surface area contributed by atoms with Crippen molar-refractivity contribution in [2.24, 2.45) is 0 Å². The minimum Gasteiger partial charge on any atom is -0.381 e. The van der Waals surface area contributed by atoms with Crippen LogP contribution in [0.15, 0.2) is 12.1 Å². The number of halogens is 1. The fourth-order valence-corrected chi connectivity index (χ4v) is 2.34. The number of carbonyl (C=O) groups excluding carboxylic acids is 1. The summed E-state index contributed by atoms with van der Waals surface area (Å²) in [5, 5.41) is 13.9. The average Bonchev–Trinajstić information content (AvgIpc) is 2.45. The van der Waals surface area contributed by atoms with Crippen molar-refractivity contribution >= 4 is 28.9 Å². The third-order valence-corrected chi connectivity index (χ3v) is 3.50. The number of nitrogens with one attached hydrogen (secondary N) is 1. The van der Waals surface area contributed by atoms with Crippen LogP contribution in [0, 0.1) is 10.1 Å². The normalized spacial score (nSPS) is 10.3. The van der Waals surface area contributed by atoms with Crippen LogP contribution < -0.4 is 5.32 Å². The van der Waals surface area contributed by atoms with E-state index in [1.54, 1.807) is 19.0 Å². The van der Waals surface area contributed by atoms with Gasteiger partial charge in [-0.15, -0.1) is 0 Å². The van der Waals surface area contributed by atoms with Crippen molar-refractivity contribution < 1.29 is 9.72 Å². The Balaban J connectivity index is 3.02. The first-order chi connectivity index (χ1) is 9.92. The Morgan fingerprint density at radius 3 is 2.62 bits per heavy atom. The maximum atomic E-state index is 12.3. The second-order valence-electron chi connectivity index (χ2n) is 4.79. The number of nitro groups is 1. The molecule has 21 heavy (non-hydrogen) atoms. The summed E-state index contributed by atoms with van der Waals surface area (Å²) in [4.78, 5) is 24.4. The van der Waals surface area contributed by atoms with E-state index in [9.17, 15) is 14.9 Å². The Morgan fingerprint density at radius 2 is 2.10 bits per heavy atom. The van der Waals surface area contributed by atoms with Crippen LogP contribution in [-0.2, 0) is 0 Å². The van der Waals surface area contributed by atoms with Crippen molar-refractivity contribution in [2.75, 3.05) is 26.0 Å². The van der Waals surface area contributed by atoms with E-state index in [0.717, 1.165) is 19.3 Å². The first-order valence-electron chi connectivity index (χ1n) is 6.83. The SMILES string of the molecule is CCCCCN(C)C(=O)c1cc(Cl)c(NC)c([N+](=O)[O-])c1. The lowest BCUT2D eigenvalue weighted by molar-refractivity contribution is -0.383. The Morgan fingerprint density at radius 1 is 1.43 bits per heavy atom. The van der Waals surface area contributed by atoms with Gasteiger partial charge in [0, 0.05) is 32.3 Å². The van der Waals surface area contributed by atoms with Crippen molar-refractivity contribution in [1.29, 1.82) is 0 Å². The molecule has 1 aromatic rings. The Bertz CT molecular complexity index is 534. The lowest BCUT2D eigenvalue weighted by Crippen LogP contribution is -2.27. The molecule has 0 fully saturated rings. The predicted octanol–water partition coefficient (Wildman–Crippen LogP) is 3.55. The van der Waals surface area contributed by atoms with Gasteiger partial charge in [0.25, 0.3) is 11.6 Å². The van der Waals surface area contributed by atoms with Crippen molar-refractivity contribution in [2.45, 2.75) is 26.2 Å². The van der Waals surface area contributed by atoms with Crippen LogP contribution in [0.1, 0.15) is 36.5 Å². The van der Waals surface area contributed by atoms with E-state index in [4.69, 9.17) is 11.6 Å². The van der Waals surface area contributed by atoms with Crippen molar-refractivity contribution in [3.8, 4) is 0 Å². The summed E-state index contributed by atoms with van der Waals surface area (Å²) in [6, 6.07) is 2.72. The number of nitrogens with zero attached hydrogens (tertiary/aromatic N) is 2. The van der Waals surface area contributed by atoms with E-state index in [0.29, 0.717) is 6.54 Å². The molecule has 0 aliphatic heterocycles. The largest absolute Gasteiger partial charge is 0.381 e. The van der Waals surface area contributed by atoms with Crippen LogP contribution in [0.5, 0.6) is 0 Å². The van der Waals surface area contributed by atoms with Gasteiger partial charge in [-0.05, 0) is 12.5 Å². The van der Waals surface area contributed by atoms with Gasteiger partial charge >= 0.3 is 0 Å². The van der Waals surface area contributed by atoms with Crippen molar-refractivity contribution in [1.82, 2.24) is 4.90 Å². The van der Waals surface area contributed by atoms with Gasteiger partial charge in [0.15, 0.2) is 0 Å². The summed E-state index contributed by atoms with van der Waals surface area (Å²) in [6.45, 7) is 2.70. The second kappa shape index (κ2) is 7.83. The van der Waals surface area contributed by atoms with E-state index >= 15 is 0 Å². The summed E-state index contributed by atoms with van der Waals surface area (Å²) in [7, 11) is 3.23. The highest BCUT2D eigenvalue weighted by molar-refractivity contribution is 6.34. The molecular weight excluding hydrogens is 294 g/mol. The number of amides is 1. The number of unbranched alkanes of at least 4 members (excludes halogenated alkanes) is 2. The number of nitro benzene ring substituents is 1. The summed E-state index contributed by atoms with van der Waals surface area (Å²) >= 11 is 6.02. The molecule has 0 spiro atoms. The Hall–Kier alpha value is -1.82. The Kier molecular flexibility index (Phi) is 6.42. The molecule has 0 aliphatic carbocycles. The van der Waals surface area contributed by atoms with Gasteiger partial charge in [0.2, 0.25) is 0 Å². The molecule has 0 atom stereocenters. The average molecular weight is 314 g/mol. The number of hydrogen-bond donors (Lipinski definition) is 1. The van der Waals surface area contributed by atoms with E-state index in [2.05, 4.69) is 12.2 Å². The maximum absolute atomic E-state index is 12.3. The third kappa shape index (κ3) is 4.32. The minimum atomic E-state index is -0.550. The molecule has 7 heteroatoms. The van der Waals surface area contributed by atoms with Crippen LogP contribution >= 0.6 is 11.6 Å². The molecule has 0 unspecified atom stereocenters. The fraction of sp³-hybridized carbons (Fsp3) is 0.500. The zero-order valence-corrected chi connectivity index (χ0v) is 13.2. The predicted molar refractivity (Wildman–Crippen MR) is 84.1 cm³/mol. The number of hydrogen-bond acceptors (Lipinski definition) is 4. The first-order valence-corrected chi connectivity index (χ1v) is 7.21. The van der Waals surface area contributed by atoms with Crippen molar-refractivity contribution in [3.63, 3.8) is 0 Å². The molecule has 0 aromatic heterocycles. The van der Waals surface area contributed by atoms with Gasteiger partial charge in [0.05, 0.1) is 9.95 Å². The molecule has 6 nitrogen and oxygen atoms in total. The van der Waals surface area contributed by atoms with Gasteiger partial charge in [-0.1, -0.05) is 31.4 Å². The Labute approximate surface area is 129 Å². The third-order valence-electron chi connectivity index (χ3n) is 3.21. The van der Waals surface area contributed by atoms with Gasteiger partial charge in [-0.3, -0.25) is 14.9 Å². The van der Waals surface area contributed by atoms with Gasteiger partial charge in [0.1, 0.15) is 5.69 Å². The van der Waals surface area contributed by atoms with Gasteiger partial charge in [-0.2, -0.15) is 0 Å². The molecule has 1 rings (SSSR count). The molecule has 0 aliphatic rings. The highest BCUT2D eigenvalue weighted by Gasteiger charge is 2.22. The lowest BCUT2D eigenvalue weighted by atomic mass is 10.1. The van der Waals surface area contributed by atoms with E-state index in [-0.39, 0.29) is 27.9 Å². The molecule has 0 bridgehead atoms. The molecule has 0 heterocycles. The fourth-order valence-electron chi connectivity index (χ4n) is 2.03. The van der Waals surface area contributed by atoms with E-state index in [1.807, 2.05) is 0 Å². The number of rotatable bonds is 7. The zero-order valence-electron chi connectivity index (χ0n) is 12.5. The smallest absolute Gasteiger partial charge is 0.294 e. The summed E-state index contributed by atoms with van der Waals surface area (Å²) in [6.07, 6.45) is 3.01. The van der Waals surface area contributed by atoms with Crippen LogP contribution in [0.2, 0.25) is 5.02 Å². The monoisotopic (exact) mass is 313 g/mol. The quantitative estimate of drug-likeness (QED) is 0.474. The van der Waals surface area contributed by atoms with Gasteiger partial charge in [-0.25, -0.2) is 0 Å². The molecular formula is C14H20ClN3O3. The van der Waals surface area contributed by atoms with E-state index in [1.165, 1.54) is 12.1 Å². The molecule has 0 saturated carbocycles. The van der Waals surface area contributed by atoms with Crippen LogP contribution in [0.4, 0.5) is 11.4 Å². The van der Waals surface area contributed by atoms with Crippen LogP contribution in [-0.4, -0.2) is 36.4 Å². The first kappa shape index (κ1) is 17.2. The number of benzene rings is 1. The molecule has 0 radical (unpaired) electrons. The molecule has 116 valence electrons. The van der Waals surface area contributed by atoms with Gasteiger partial charge < -0.3 is 10.2 Å². The topological polar surface area (TPSA) is 75.5 Å². The van der Waals surface area contributed by atoms with Crippen molar-refractivity contribution in [3.05, 3.63) is 32.8 Å². The minimum absolute atomic E-state index is 0.164.